The molecule has 0 bridgehead atoms. The van der Waals surface area contributed by atoms with Gasteiger partial charge in [-0.25, -0.2) is 0 Å². The van der Waals surface area contributed by atoms with E-state index in [2.05, 4.69) is 41.1 Å². The van der Waals surface area contributed by atoms with Crippen molar-refractivity contribution in [1.29, 1.82) is 0 Å². The number of nitrogens with zero attached hydrogens (tertiary/aromatic N) is 2. The minimum atomic E-state index is -0.463. The molecule has 2 aromatic rings. The summed E-state index contributed by atoms with van der Waals surface area (Å²) in [5.74, 6) is 0. The summed E-state index contributed by atoms with van der Waals surface area (Å²) in [5, 5.41) is 9.84. The lowest BCUT2D eigenvalue weighted by Crippen LogP contribution is -2.24. The molecule has 1 aromatic carbocycles. The van der Waals surface area contributed by atoms with Crippen molar-refractivity contribution in [3.63, 3.8) is 0 Å². The number of anilines is 2. The van der Waals surface area contributed by atoms with Gasteiger partial charge in [0.2, 0.25) is 0 Å². The van der Waals surface area contributed by atoms with E-state index in [1.54, 1.807) is 0 Å². The van der Waals surface area contributed by atoms with E-state index >= 15 is 0 Å². The quantitative estimate of drug-likeness (QED) is 0.927. The molecule has 0 saturated carbocycles. The predicted octanol–water partition coefficient (Wildman–Crippen LogP) is 3.92. The molecular weight excluding hydrogens is 260 g/mol. The van der Waals surface area contributed by atoms with Crippen LogP contribution in [0.3, 0.4) is 0 Å². The molecule has 1 aromatic heterocycles. The molecule has 21 heavy (non-hydrogen) atoms. The van der Waals surface area contributed by atoms with Crippen LogP contribution in [0.2, 0.25) is 0 Å². The van der Waals surface area contributed by atoms with E-state index in [4.69, 9.17) is 0 Å². The summed E-state index contributed by atoms with van der Waals surface area (Å²) in [5.41, 5.74) is 5.88. The molecule has 110 valence electrons. The van der Waals surface area contributed by atoms with Crippen LogP contribution in [0, 0.1) is 6.92 Å². The average Bonchev–Trinajstić information content (AvgIpc) is 2.53. The monoisotopic (exact) mass is 282 g/mol. The first-order valence-corrected chi connectivity index (χ1v) is 7.70. The van der Waals surface area contributed by atoms with E-state index in [0.29, 0.717) is 6.42 Å². The Kier molecular flexibility index (Phi) is 3.93. The van der Waals surface area contributed by atoms with Crippen molar-refractivity contribution in [3.05, 3.63) is 53.3 Å². The highest BCUT2D eigenvalue weighted by Gasteiger charge is 2.18. The van der Waals surface area contributed by atoms with E-state index in [9.17, 15) is 5.11 Å². The standard InChI is InChI=1S/C18H22N2O/c1-3-18(21)16-8-7-15(12-19-16)20-10-4-5-14-11-13(2)6-9-17(14)20/h6-9,11-12,18,21H,3-5,10H2,1-2H3/t18-/m1/s1. The molecule has 3 nitrogen and oxygen atoms in total. The van der Waals surface area contributed by atoms with Crippen LogP contribution < -0.4 is 4.90 Å². The highest BCUT2D eigenvalue weighted by atomic mass is 16.3. The zero-order valence-corrected chi connectivity index (χ0v) is 12.7. The van der Waals surface area contributed by atoms with Gasteiger partial charge < -0.3 is 10.0 Å². The second kappa shape index (κ2) is 5.86. The summed E-state index contributed by atoms with van der Waals surface area (Å²) < 4.78 is 0. The zero-order valence-electron chi connectivity index (χ0n) is 12.7. The minimum absolute atomic E-state index is 0.463. The van der Waals surface area contributed by atoms with Crippen molar-refractivity contribution in [2.24, 2.45) is 0 Å². The van der Waals surface area contributed by atoms with Crippen molar-refractivity contribution in [2.45, 2.75) is 39.2 Å². The molecule has 0 spiro atoms. The van der Waals surface area contributed by atoms with Gasteiger partial charge in [0, 0.05) is 12.2 Å². The highest BCUT2D eigenvalue weighted by molar-refractivity contribution is 5.67. The highest BCUT2D eigenvalue weighted by Crippen LogP contribution is 2.33. The summed E-state index contributed by atoms with van der Waals surface area (Å²) in [7, 11) is 0. The number of hydrogen-bond acceptors (Lipinski definition) is 3. The third-order valence-corrected chi connectivity index (χ3v) is 4.16. The molecule has 0 unspecified atom stereocenters. The van der Waals surface area contributed by atoms with Crippen LogP contribution in [0.1, 0.15) is 42.7 Å². The number of pyridine rings is 1. The Labute approximate surface area is 126 Å². The van der Waals surface area contributed by atoms with Gasteiger partial charge in [0.15, 0.2) is 0 Å². The number of aliphatic hydroxyl groups is 1. The van der Waals surface area contributed by atoms with Crippen LogP contribution in [0.25, 0.3) is 0 Å². The van der Waals surface area contributed by atoms with Crippen molar-refractivity contribution in [1.82, 2.24) is 4.98 Å². The summed E-state index contributed by atoms with van der Waals surface area (Å²) in [4.78, 5) is 6.75. The van der Waals surface area contributed by atoms with Crippen LogP contribution in [-0.2, 0) is 6.42 Å². The molecular formula is C18H22N2O. The topological polar surface area (TPSA) is 36.4 Å². The van der Waals surface area contributed by atoms with Gasteiger partial charge in [-0.15, -0.1) is 0 Å². The fourth-order valence-electron chi connectivity index (χ4n) is 2.96. The fourth-order valence-corrected chi connectivity index (χ4v) is 2.96. The van der Waals surface area contributed by atoms with Crippen molar-refractivity contribution in [2.75, 3.05) is 11.4 Å². The minimum Gasteiger partial charge on any atom is -0.387 e. The van der Waals surface area contributed by atoms with Gasteiger partial charge in [0.1, 0.15) is 0 Å². The lowest BCUT2D eigenvalue weighted by Gasteiger charge is -2.31. The van der Waals surface area contributed by atoms with Crippen LogP contribution in [0.4, 0.5) is 11.4 Å². The van der Waals surface area contributed by atoms with Crippen LogP contribution in [-0.4, -0.2) is 16.6 Å². The van der Waals surface area contributed by atoms with E-state index in [1.807, 2.05) is 19.2 Å². The Hall–Kier alpha value is -1.87. The number of aliphatic hydroxyl groups excluding tert-OH is 1. The normalized spacial score (nSPS) is 15.7. The molecule has 3 rings (SSSR count). The largest absolute Gasteiger partial charge is 0.387 e. The number of fused-ring (bicyclic) bond motifs is 1. The molecule has 0 fully saturated rings. The second-order valence-electron chi connectivity index (χ2n) is 5.75. The predicted molar refractivity (Wildman–Crippen MR) is 86.0 cm³/mol. The van der Waals surface area contributed by atoms with Crippen molar-refractivity contribution in [3.8, 4) is 0 Å². The van der Waals surface area contributed by atoms with E-state index in [1.165, 1.54) is 16.8 Å². The SMILES string of the molecule is CC[C@@H](O)c1ccc(N2CCCc3cc(C)ccc32)cn1. The van der Waals surface area contributed by atoms with Gasteiger partial charge in [0.25, 0.3) is 0 Å². The molecule has 1 atom stereocenters. The molecule has 1 aliphatic heterocycles. The Bertz CT molecular complexity index is 622. The first kappa shape index (κ1) is 14.1. The average molecular weight is 282 g/mol. The Morgan fingerprint density at radius 3 is 2.86 bits per heavy atom. The van der Waals surface area contributed by atoms with Crippen LogP contribution in [0.5, 0.6) is 0 Å². The van der Waals surface area contributed by atoms with E-state index in [-0.39, 0.29) is 0 Å². The molecule has 0 amide bonds. The maximum Gasteiger partial charge on any atom is 0.0957 e. The Morgan fingerprint density at radius 1 is 1.29 bits per heavy atom. The number of hydrogen-bond donors (Lipinski definition) is 1. The lowest BCUT2D eigenvalue weighted by atomic mass is 9.99. The number of rotatable bonds is 3. The van der Waals surface area contributed by atoms with E-state index < -0.39 is 6.10 Å². The number of aromatic nitrogens is 1. The maximum absolute atomic E-state index is 9.84. The summed E-state index contributed by atoms with van der Waals surface area (Å²) in [6.45, 7) is 5.12. The molecule has 3 heteroatoms. The van der Waals surface area contributed by atoms with Crippen molar-refractivity contribution >= 4 is 11.4 Å². The molecule has 0 aliphatic carbocycles. The molecule has 2 heterocycles. The first-order valence-electron chi connectivity index (χ1n) is 7.70. The third kappa shape index (κ3) is 2.79. The van der Waals surface area contributed by atoms with Crippen molar-refractivity contribution < 1.29 is 5.11 Å². The Balaban J connectivity index is 1.92. The second-order valence-corrected chi connectivity index (χ2v) is 5.75. The summed E-state index contributed by atoms with van der Waals surface area (Å²) in [6.07, 6.45) is 4.42. The van der Waals surface area contributed by atoms with Gasteiger partial charge in [-0.3, -0.25) is 4.98 Å². The van der Waals surface area contributed by atoms with Gasteiger partial charge >= 0.3 is 0 Å². The first-order chi connectivity index (χ1) is 10.2. The fraction of sp³-hybridized carbons (Fsp3) is 0.389. The summed E-state index contributed by atoms with van der Waals surface area (Å²) in [6, 6.07) is 10.7. The lowest BCUT2D eigenvalue weighted by molar-refractivity contribution is 0.169. The maximum atomic E-state index is 9.84. The summed E-state index contributed by atoms with van der Waals surface area (Å²) >= 11 is 0. The molecule has 0 saturated heterocycles. The molecule has 0 radical (unpaired) electrons. The van der Waals surface area contributed by atoms with Gasteiger partial charge in [-0.2, -0.15) is 0 Å². The smallest absolute Gasteiger partial charge is 0.0957 e. The van der Waals surface area contributed by atoms with Crippen LogP contribution in [0.15, 0.2) is 36.5 Å². The van der Waals surface area contributed by atoms with Gasteiger partial charge in [0.05, 0.1) is 23.7 Å². The zero-order chi connectivity index (χ0) is 14.8. The number of benzene rings is 1. The Morgan fingerprint density at radius 2 is 2.14 bits per heavy atom. The van der Waals surface area contributed by atoms with Gasteiger partial charge in [-0.05, 0) is 49.9 Å². The molecule has 1 N–H and O–H groups in total. The van der Waals surface area contributed by atoms with Crippen LogP contribution >= 0.6 is 0 Å². The third-order valence-electron chi connectivity index (χ3n) is 4.16. The molecule has 1 aliphatic rings. The van der Waals surface area contributed by atoms with E-state index in [0.717, 1.165) is 30.8 Å². The van der Waals surface area contributed by atoms with Gasteiger partial charge in [-0.1, -0.05) is 24.6 Å². The number of aryl methyl sites for hydroxylation is 2.